The standard InChI is InChI=1S/C14H13BrClNO2S/c1-9-3-5-12(7-10(9)2)17-20(18,19)14-6-4-11(15)8-13(14)16/h3-8,17H,1-2H3. The van der Waals surface area contributed by atoms with Crippen LogP contribution in [-0.2, 0) is 10.0 Å². The lowest BCUT2D eigenvalue weighted by Crippen LogP contribution is -2.13. The number of hydrogen-bond acceptors (Lipinski definition) is 2. The second-order valence-electron chi connectivity index (χ2n) is 4.48. The number of halogens is 2. The average Bonchev–Trinajstić information content (AvgIpc) is 2.33. The van der Waals surface area contributed by atoms with E-state index >= 15 is 0 Å². The molecule has 0 aromatic heterocycles. The van der Waals surface area contributed by atoms with Crippen molar-refractivity contribution in [1.82, 2.24) is 0 Å². The molecule has 0 atom stereocenters. The van der Waals surface area contributed by atoms with Gasteiger partial charge < -0.3 is 0 Å². The minimum absolute atomic E-state index is 0.0561. The molecule has 0 unspecified atom stereocenters. The first-order valence-corrected chi connectivity index (χ1v) is 8.50. The minimum Gasteiger partial charge on any atom is -0.280 e. The molecule has 0 saturated heterocycles. The normalized spacial score (nSPS) is 11.4. The van der Waals surface area contributed by atoms with E-state index in [1.807, 2.05) is 19.9 Å². The summed E-state index contributed by atoms with van der Waals surface area (Å²) in [6.45, 7) is 3.90. The Morgan fingerprint density at radius 2 is 1.75 bits per heavy atom. The highest BCUT2D eigenvalue weighted by atomic mass is 79.9. The van der Waals surface area contributed by atoms with Crippen LogP contribution in [0, 0.1) is 13.8 Å². The lowest BCUT2D eigenvalue weighted by molar-refractivity contribution is 0.601. The van der Waals surface area contributed by atoms with Gasteiger partial charge >= 0.3 is 0 Å². The van der Waals surface area contributed by atoms with Crippen LogP contribution >= 0.6 is 27.5 Å². The number of rotatable bonds is 3. The predicted octanol–water partition coefficient (Wildman–Crippen LogP) is 4.52. The van der Waals surface area contributed by atoms with Gasteiger partial charge in [-0.25, -0.2) is 8.42 Å². The molecule has 0 heterocycles. The lowest BCUT2D eigenvalue weighted by Gasteiger charge is -2.11. The van der Waals surface area contributed by atoms with Crippen molar-refractivity contribution in [2.45, 2.75) is 18.7 Å². The van der Waals surface area contributed by atoms with Crippen LogP contribution < -0.4 is 4.72 Å². The van der Waals surface area contributed by atoms with Gasteiger partial charge in [0.15, 0.2) is 0 Å². The molecule has 6 heteroatoms. The van der Waals surface area contributed by atoms with Crippen molar-refractivity contribution in [3.8, 4) is 0 Å². The maximum atomic E-state index is 12.3. The third-order valence-corrected chi connectivity index (χ3v) is 5.30. The van der Waals surface area contributed by atoms with Gasteiger partial charge in [-0.1, -0.05) is 33.6 Å². The summed E-state index contributed by atoms with van der Waals surface area (Å²) in [6.07, 6.45) is 0. The van der Waals surface area contributed by atoms with E-state index < -0.39 is 10.0 Å². The lowest BCUT2D eigenvalue weighted by atomic mass is 10.1. The van der Waals surface area contributed by atoms with Crippen molar-refractivity contribution in [1.29, 1.82) is 0 Å². The molecule has 2 rings (SSSR count). The summed E-state index contributed by atoms with van der Waals surface area (Å²) in [5.74, 6) is 0. The number of nitrogens with one attached hydrogen (secondary N) is 1. The molecule has 106 valence electrons. The number of benzene rings is 2. The highest BCUT2D eigenvalue weighted by Gasteiger charge is 2.18. The number of aryl methyl sites for hydroxylation is 2. The average molecular weight is 375 g/mol. The van der Waals surface area contributed by atoms with Crippen molar-refractivity contribution in [3.05, 3.63) is 57.0 Å². The third kappa shape index (κ3) is 3.34. The Labute approximate surface area is 132 Å². The Balaban J connectivity index is 2.38. The van der Waals surface area contributed by atoms with Crippen LogP contribution in [0.2, 0.25) is 5.02 Å². The van der Waals surface area contributed by atoms with Gasteiger partial charge in [-0.05, 0) is 55.3 Å². The fourth-order valence-electron chi connectivity index (χ4n) is 1.71. The molecule has 0 saturated carbocycles. The molecule has 0 aliphatic rings. The van der Waals surface area contributed by atoms with E-state index in [0.29, 0.717) is 5.69 Å². The summed E-state index contributed by atoms with van der Waals surface area (Å²) in [4.78, 5) is 0.0561. The predicted molar refractivity (Wildman–Crippen MR) is 85.9 cm³/mol. The van der Waals surface area contributed by atoms with Crippen LogP contribution in [0.3, 0.4) is 0 Å². The number of hydrogen-bond donors (Lipinski definition) is 1. The monoisotopic (exact) mass is 373 g/mol. The second kappa shape index (κ2) is 5.76. The smallest absolute Gasteiger partial charge is 0.263 e. The van der Waals surface area contributed by atoms with E-state index in [-0.39, 0.29) is 9.92 Å². The first kappa shape index (κ1) is 15.4. The van der Waals surface area contributed by atoms with E-state index in [1.165, 1.54) is 6.07 Å². The highest BCUT2D eigenvalue weighted by Crippen LogP contribution is 2.27. The summed E-state index contributed by atoms with van der Waals surface area (Å²) < 4.78 is 27.9. The Morgan fingerprint density at radius 3 is 2.35 bits per heavy atom. The molecule has 0 spiro atoms. The molecule has 0 radical (unpaired) electrons. The van der Waals surface area contributed by atoms with E-state index in [9.17, 15) is 8.42 Å². The maximum absolute atomic E-state index is 12.3. The molecule has 2 aromatic rings. The zero-order valence-corrected chi connectivity index (χ0v) is 14.1. The quantitative estimate of drug-likeness (QED) is 0.858. The summed E-state index contributed by atoms with van der Waals surface area (Å²) >= 11 is 9.24. The van der Waals surface area contributed by atoms with Crippen LogP contribution in [0.25, 0.3) is 0 Å². The number of sulfonamides is 1. The molecule has 0 aliphatic carbocycles. The summed E-state index contributed by atoms with van der Waals surface area (Å²) in [6, 6.07) is 10.1. The van der Waals surface area contributed by atoms with E-state index in [0.717, 1.165) is 15.6 Å². The third-order valence-electron chi connectivity index (χ3n) is 2.94. The summed E-state index contributed by atoms with van der Waals surface area (Å²) in [5.41, 5.74) is 2.65. The maximum Gasteiger partial charge on any atom is 0.263 e. The minimum atomic E-state index is -3.69. The van der Waals surface area contributed by atoms with Crippen molar-refractivity contribution in [2.75, 3.05) is 4.72 Å². The van der Waals surface area contributed by atoms with Crippen LogP contribution in [0.1, 0.15) is 11.1 Å². The Hall–Kier alpha value is -1.04. The summed E-state index contributed by atoms with van der Waals surface area (Å²) in [7, 11) is -3.69. The van der Waals surface area contributed by atoms with Gasteiger partial charge in [-0.15, -0.1) is 0 Å². The van der Waals surface area contributed by atoms with Gasteiger partial charge in [-0.2, -0.15) is 0 Å². The molecule has 1 N–H and O–H groups in total. The molecule has 0 bridgehead atoms. The molecule has 20 heavy (non-hydrogen) atoms. The molecule has 2 aromatic carbocycles. The fraction of sp³-hybridized carbons (Fsp3) is 0.143. The largest absolute Gasteiger partial charge is 0.280 e. The van der Waals surface area contributed by atoms with Gasteiger partial charge in [0.1, 0.15) is 4.90 Å². The molecular weight excluding hydrogens is 362 g/mol. The molecular formula is C14H13BrClNO2S. The number of anilines is 1. The SMILES string of the molecule is Cc1ccc(NS(=O)(=O)c2ccc(Br)cc2Cl)cc1C. The summed E-state index contributed by atoms with van der Waals surface area (Å²) in [5, 5.41) is 0.177. The Morgan fingerprint density at radius 1 is 1.05 bits per heavy atom. The van der Waals surface area contributed by atoms with Crippen molar-refractivity contribution < 1.29 is 8.42 Å². The van der Waals surface area contributed by atoms with E-state index in [2.05, 4.69) is 20.7 Å². The van der Waals surface area contributed by atoms with Crippen molar-refractivity contribution >= 4 is 43.2 Å². The van der Waals surface area contributed by atoms with Gasteiger partial charge in [0.05, 0.1) is 5.02 Å². The van der Waals surface area contributed by atoms with Crippen LogP contribution in [0.5, 0.6) is 0 Å². The Bertz CT molecular complexity index is 760. The van der Waals surface area contributed by atoms with Gasteiger partial charge in [0.25, 0.3) is 10.0 Å². The van der Waals surface area contributed by atoms with Gasteiger partial charge in [0.2, 0.25) is 0 Å². The topological polar surface area (TPSA) is 46.2 Å². The first-order chi connectivity index (χ1) is 9.29. The fourth-order valence-corrected chi connectivity index (χ4v) is 3.80. The molecule has 0 fully saturated rings. The molecule has 0 aliphatic heterocycles. The van der Waals surface area contributed by atoms with Crippen LogP contribution in [0.4, 0.5) is 5.69 Å². The van der Waals surface area contributed by atoms with Gasteiger partial charge in [0, 0.05) is 10.2 Å². The van der Waals surface area contributed by atoms with E-state index in [4.69, 9.17) is 11.6 Å². The zero-order valence-electron chi connectivity index (χ0n) is 10.9. The highest BCUT2D eigenvalue weighted by molar-refractivity contribution is 9.10. The van der Waals surface area contributed by atoms with Crippen molar-refractivity contribution in [3.63, 3.8) is 0 Å². The first-order valence-electron chi connectivity index (χ1n) is 5.85. The van der Waals surface area contributed by atoms with Gasteiger partial charge in [-0.3, -0.25) is 4.72 Å². The Kier molecular flexibility index (Phi) is 4.42. The van der Waals surface area contributed by atoms with Crippen molar-refractivity contribution in [2.24, 2.45) is 0 Å². The van der Waals surface area contributed by atoms with E-state index in [1.54, 1.807) is 24.3 Å². The van der Waals surface area contributed by atoms with Crippen LogP contribution in [-0.4, -0.2) is 8.42 Å². The molecule has 0 amide bonds. The molecule has 3 nitrogen and oxygen atoms in total. The second-order valence-corrected chi connectivity index (χ2v) is 7.45. The van der Waals surface area contributed by atoms with Crippen LogP contribution in [0.15, 0.2) is 45.8 Å². The zero-order chi connectivity index (χ0) is 14.9.